The summed E-state index contributed by atoms with van der Waals surface area (Å²) < 4.78 is 26.8. The van der Waals surface area contributed by atoms with Crippen LogP contribution in [-0.4, -0.2) is 38.5 Å². The first-order valence-corrected chi connectivity index (χ1v) is 7.07. The Balaban J connectivity index is 2.42. The normalized spacial score (nSPS) is 12.5. The van der Waals surface area contributed by atoms with E-state index < -0.39 is 22.5 Å². The summed E-state index contributed by atoms with van der Waals surface area (Å²) in [5, 5.41) is 0. The molecule has 1 aromatic carbocycles. The van der Waals surface area contributed by atoms with Gasteiger partial charge in [-0.05, 0) is 12.1 Å². The van der Waals surface area contributed by atoms with Crippen LogP contribution in [-0.2, 0) is 11.0 Å². The van der Waals surface area contributed by atoms with Gasteiger partial charge in [0.15, 0.2) is 22.6 Å². The van der Waals surface area contributed by atoms with E-state index in [1.165, 1.54) is 6.34 Å². The number of hydrogen-bond acceptors (Lipinski definition) is 4. The third-order valence-electron chi connectivity index (χ3n) is 2.37. The maximum Gasteiger partial charge on any atom is 0.362 e. The van der Waals surface area contributed by atoms with Gasteiger partial charge in [-0.3, -0.25) is 0 Å². The second-order valence-electron chi connectivity index (χ2n) is 4.29. The van der Waals surface area contributed by atoms with E-state index in [4.69, 9.17) is 0 Å². The average molecular weight is 308 g/mol. The molecule has 0 amide bonds. The third kappa shape index (κ3) is 3.60. The number of hydrogen-bond donors (Lipinski definition) is 0. The minimum atomic E-state index is -1.85. The molecule has 8 heteroatoms. The van der Waals surface area contributed by atoms with Gasteiger partial charge in [0.2, 0.25) is 0 Å². The summed E-state index contributed by atoms with van der Waals surface area (Å²) in [5.41, 5.74) is -0.829. The summed E-state index contributed by atoms with van der Waals surface area (Å²) in [7, 11) is 1.55. The molecule has 0 aliphatic carbocycles. The quantitative estimate of drug-likeness (QED) is 0.628. The summed E-state index contributed by atoms with van der Waals surface area (Å²) in [6, 6.07) is 8.27. The molecule has 0 saturated heterocycles. The van der Waals surface area contributed by atoms with Crippen molar-refractivity contribution in [2.45, 2.75) is 4.90 Å². The van der Waals surface area contributed by atoms with E-state index in [-0.39, 0.29) is 5.82 Å². The lowest BCUT2D eigenvalue weighted by Gasteiger charge is -2.06. The van der Waals surface area contributed by atoms with Crippen LogP contribution in [0.1, 0.15) is 0 Å². The maximum absolute atomic E-state index is 13.9. The van der Waals surface area contributed by atoms with Crippen molar-refractivity contribution in [1.29, 1.82) is 0 Å². The summed E-state index contributed by atoms with van der Waals surface area (Å²) in [4.78, 5) is 21.1. The summed E-state index contributed by atoms with van der Waals surface area (Å²) in [5.74, 6) is -1.16. The topological polar surface area (TPSA) is 67.6 Å². The highest BCUT2D eigenvalue weighted by Gasteiger charge is 2.13. The van der Waals surface area contributed by atoms with Crippen LogP contribution in [0.2, 0.25) is 0 Å². The first-order chi connectivity index (χ1) is 9.99. The average Bonchev–Trinajstić information content (AvgIpc) is 2.47. The smallest absolute Gasteiger partial charge is 0.362 e. The zero-order valence-corrected chi connectivity index (χ0v) is 12.2. The van der Waals surface area contributed by atoms with Crippen molar-refractivity contribution in [1.82, 2.24) is 13.9 Å². The van der Waals surface area contributed by atoms with Crippen LogP contribution in [0.3, 0.4) is 0 Å². The second kappa shape index (κ2) is 6.40. The zero-order chi connectivity index (χ0) is 15.4. The molecular weight excluding hydrogens is 295 g/mol. The Morgan fingerprint density at radius 3 is 2.62 bits per heavy atom. The highest BCUT2D eigenvalue weighted by Crippen LogP contribution is 2.13. The van der Waals surface area contributed by atoms with Crippen LogP contribution in [0, 0.1) is 5.82 Å². The van der Waals surface area contributed by atoms with Crippen molar-refractivity contribution in [2.75, 3.05) is 14.1 Å². The number of aliphatic imine (C=N–C) groups is 1. The first-order valence-electron chi connectivity index (χ1n) is 5.96. The monoisotopic (exact) mass is 308 g/mol. The van der Waals surface area contributed by atoms with Crippen molar-refractivity contribution in [3.63, 3.8) is 0 Å². The van der Waals surface area contributed by atoms with Gasteiger partial charge in [-0.15, -0.1) is 0 Å². The molecule has 1 atom stereocenters. The molecule has 6 nitrogen and oxygen atoms in total. The number of nitrogens with zero attached hydrogens (tertiary/aromatic N) is 4. The van der Waals surface area contributed by atoms with Gasteiger partial charge < -0.3 is 4.90 Å². The van der Waals surface area contributed by atoms with Gasteiger partial charge in [0.05, 0.1) is 17.4 Å². The lowest BCUT2D eigenvalue weighted by Crippen LogP contribution is -2.25. The first kappa shape index (κ1) is 15.0. The van der Waals surface area contributed by atoms with Crippen molar-refractivity contribution in [3.8, 4) is 0 Å². The van der Waals surface area contributed by atoms with Crippen LogP contribution in [0.5, 0.6) is 0 Å². The van der Waals surface area contributed by atoms with Gasteiger partial charge in [-0.25, -0.2) is 22.4 Å². The predicted molar refractivity (Wildman–Crippen MR) is 78.5 cm³/mol. The lowest BCUT2D eigenvalue weighted by molar-refractivity contribution is 0.603. The largest absolute Gasteiger partial charge is 0.369 e. The molecule has 0 aliphatic heterocycles. The van der Waals surface area contributed by atoms with Crippen molar-refractivity contribution >= 4 is 23.1 Å². The number of rotatable bonds is 4. The van der Waals surface area contributed by atoms with E-state index in [1.807, 2.05) is 0 Å². The van der Waals surface area contributed by atoms with E-state index in [0.717, 1.165) is 10.2 Å². The minimum Gasteiger partial charge on any atom is -0.369 e. The molecule has 0 aliphatic rings. The molecule has 1 heterocycles. The number of halogens is 1. The minimum absolute atomic E-state index is 0.338. The molecule has 0 radical (unpaired) electrons. The molecule has 110 valence electrons. The number of aromatic nitrogens is 2. The van der Waals surface area contributed by atoms with Crippen LogP contribution in [0.15, 0.2) is 51.2 Å². The summed E-state index contributed by atoms with van der Waals surface area (Å²) in [6.45, 7) is 0. The fraction of sp³-hybridized carbons (Fsp3) is 0.154. The summed E-state index contributed by atoms with van der Waals surface area (Å²) in [6.07, 6.45) is 2.17. The Kier molecular flexibility index (Phi) is 4.59. The molecule has 2 rings (SSSR count). The van der Waals surface area contributed by atoms with Crippen LogP contribution in [0.4, 0.5) is 10.2 Å². The predicted octanol–water partition coefficient (Wildman–Crippen LogP) is 1.17. The Morgan fingerprint density at radius 2 is 2.00 bits per heavy atom. The van der Waals surface area contributed by atoms with Crippen LogP contribution < -0.4 is 5.69 Å². The molecule has 0 spiro atoms. The molecule has 0 fully saturated rings. The van der Waals surface area contributed by atoms with Gasteiger partial charge in [-0.2, -0.15) is 4.98 Å². The van der Waals surface area contributed by atoms with Crippen molar-refractivity contribution < 1.29 is 8.60 Å². The highest BCUT2D eigenvalue weighted by atomic mass is 32.2. The molecule has 21 heavy (non-hydrogen) atoms. The Labute approximate surface area is 123 Å². The van der Waals surface area contributed by atoms with Gasteiger partial charge in [-0.1, -0.05) is 18.2 Å². The van der Waals surface area contributed by atoms with E-state index in [0.29, 0.717) is 4.90 Å². The molecule has 2 aromatic rings. The van der Waals surface area contributed by atoms with E-state index in [9.17, 15) is 13.4 Å². The van der Waals surface area contributed by atoms with E-state index >= 15 is 0 Å². The maximum atomic E-state index is 13.9. The standard InChI is InChI=1S/C13H13FN4O2S/c1-17(2)9-15-12-11(14)8-18(13(19)16-12)21(20)10-6-4-3-5-7-10/h3-9H,1-2H3. The van der Waals surface area contributed by atoms with Crippen molar-refractivity contribution in [3.05, 3.63) is 52.8 Å². The lowest BCUT2D eigenvalue weighted by atomic mass is 10.4. The van der Waals surface area contributed by atoms with Gasteiger partial charge in [0, 0.05) is 14.1 Å². The molecule has 0 bridgehead atoms. The van der Waals surface area contributed by atoms with Crippen molar-refractivity contribution in [2.24, 2.45) is 4.99 Å². The molecular formula is C13H13FN4O2S. The highest BCUT2D eigenvalue weighted by molar-refractivity contribution is 7.83. The zero-order valence-electron chi connectivity index (χ0n) is 11.4. The van der Waals surface area contributed by atoms with E-state index in [2.05, 4.69) is 9.98 Å². The van der Waals surface area contributed by atoms with Crippen LogP contribution in [0.25, 0.3) is 0 Å². The molecule has 1 aromatic heterocycles. The van der Waals surface area contributed by atoms with Gasteiger partial charge in [0.1, 0.15) is 0 Å². The molecule has 1 unspecified atom stereocenters. The fourth-order valence-electron chi connectivity index (χ4n) is 1.44. The Morgan fingerprint density at radius 1 is 1.33 bits per heavy atom. The van der Waals surface area contributed by atoms with Gasteiger partial charge in [0.25, 0.3) is 0 Å². The Bertz CT molecular complexity index is 744. The SMILES string of the molecule is CN(C)C=Nc1nc(=O)n(S(=O)c2ccccc2)cc1F. The summed E-state index contributed by atoms with van der Waals surface area (Å²) >= 11 is 0. The van der Waals surface area contributed by atoms with Gasteiger partial charge >= 0.3 is 5.69 Å². The number of benzene rings is 1. The molecule has 0 saturated carbocycles. The second-order valence-corrected chi connectivity index (χ2v) is 5.65. The van der Waals surface area contributed by atoms with Crippen LogP contribution >= 0.6 is 0 Å². The fourth-order valence-corrected chi connectivity index (χ4v) is 2.43. The third-order valence-corrected chi connectivity index (χ3v) is 3.66. The van der Waals surface area contributed by atoms with E-state index in [1.54, 1.807) is 49.3 Å². The molecule has 0 N–H and O–H groups in total. The Hall–Kier alpha value is -2.35.